The molecule has 0 aliphatic carbocycles. The lowest BCUT2D eigenvalue weighted by Gasteiger charge is -1.97. The second-order valence-corrected chi connectivity index (χ2v) is 3.20. The van der Waals surface area contributed by atoms with Crippen molar-refractivity contribution in [3.05, 3.63) is 30.2 Å². The highest BCUT2D eigenvalue weighted by Gasteiger charge is 2.06. The first-order valence-corrected chi connectivity index (χ1v) is 4.32. The third-order valence-electron chi connectivity index (χ3n) is 2.04. The summed E-state index contributed by atoms with van der Waals surface area (Å²) in [6.45, 7) is 1.93. The number of aromatic nitrogens is 3. The molecule has 2 aromatic heterocycles. The van der Waals surface area contributed by atoms with E-state index in [2.05, 4.69) is 10.1 Å². The van der Waals surface area contributed by atoms with Gasteiger partial charge in [-0.1, -0.05) is 0 Å². The highest BCUT2D eigenvalue weighted by molar-refractivity contribution is 5.60. The Morgan fingerprint density at radius 3 is 2.64 bits per heavy atom. The average molecular weight is 189 g/mol. The Morgan fingerprint density at radius 2 is 2.14 bits per heavy atom. The Hall–Kier alpha value is -1.84. The van der Waals surface area contributed by atoms with Crippen molar-refractivity contribution >= 4 is 0 Å². The maximum Gasteiger partial charge on any atom is 0.133 e. The molecule has 0 bridgehead atoms. The van der Waals surface area contributed by atoms with Crippen molar-refractivity contribution < 1.29 is 5.11 Å². The summed E-state index contributed by atoms with van der Waals surface area (Å²) in [4.78, 5) is 4.12. The van der Waals surface area contributed by atoms with Crippen LogP contribution >= 0.6 is 0 Å². The molecule has 0 saturated carbocycles. The number of rotatable bonds is 1. The normalized spacial score (nSPS) is 10.4. The minimum absolute atomic E-state index is 0.176. The van der Waals surface area contributed by atoms with Gasteiger partial charge in [0.25, 0.3) is 0 Å². The van der Waals surface area contributed by atoms with Crippen LogP contribution in [0.15, 0.2) is 24.5 Å². The van der Waals surface area contributed by atoms with E-state index in [-0.39, 0.29) is 5.75 Å². The zero-order valence-electron chi connectivity index (χ0n) is 8.10. The molecule has 2 heterocycles. The van der Waals surface area contributed by atoms with Crippen molar-refractivity contribution in [2.24, 2.45) is 7.05 Å². The Morgan fingerprint density at radius 1 is 1.36 bits per heavy atom. The lowest BCUT2D eigenvalue weighted by molar-refractivity contribution is 0.473. The van der Waals surface area contributed by atoms with Crippen LogP contribution in [0.1, 0.15) is 5.69 Å². The van der Waals surface area contributed by atoms with Crippen LogP contribution in [0.25, 0.3) is 11.3 Å². The molecule has 0 aliphatic rings. The fourth-order valence-corrected chi connectivity index (χ4v) is 1.40. The van der Waals surface area contributed by atoms with E-state index in [1.54, 1.807) is 16.8 Å². The Labute approximate surface area is 81.8 Å². The molecule has 4 heteroatoms. The van der Waals surface area contributed by atoms with Gasteiger partial charge in [-0.3, -0.25) is 9.67 Å². The summed E-state index contributed by atoms with van der Waals surface area (Å²) in [5, 5.41) is 13.3. The number of pyridine rings is 1. The van der Waals surface area contributed by atoms with Crippen molar-refractivity contribution in [2.45, 2.75) is 6.92 Å². The number of nitrogens with zero attached hydrogens (tertiary/aromatic N) is 3. The Balaban J connectivity index is 2.49. The van der Waals surface area contributed by atoms with Gasteiger partial charge in [0.15, 0.2) is 0 Å². The summed E-state index contributed by atoms with van der Waals surface area (Å²) in [5.74, 6) is 0.176. The van der Waals surface area contributed by atoms with Crippen LogP contribution in [0.4, 0.5) is 0 Å². The number of aromatic hydroxyl groups is 1. The molecule has 2 aromatic rings. The molecule has 14 heavy (non-hydrogen) atoms. The molecule has 0 spiro atoms. The van der Waals surface area contributed by atoms with E-state index >= 15 is 0 Å². The first-order chi connectivity index (χ1) is 6.66. The fourth-order valence-electron chi connectivity index (χ4n) is 1.40. The topological polar surface area (TPSA) is 50.9 Å². The lowest BCUT2D eigenvalue weighted by Crippen LogP contribution is -1.86. The molecule has 2 rings (SSSR count). The van der Waals surface area contributed by atoms with Crippen molar-refractivity contribution in [3.8, 4) is 17.0 Å². The quantitative estimate of drug-likeness (QED) is 0.739. The molecule has 4 nitrogen and oxygen atoms in total. The number of aryl methyl sites for hydroxylation is 2. The van der Waals surface area contributed by atoms with E-state index < -0.39 is 0 Å². The monoisotopic (exact) mass is 189 g/mol. The molecule has 1 N–H and O–H groups in total. The summed E-state index contributed by atoms with van der Waals surface area (Å²) < 4.78 is 1.75. The molecule has 0 amide bonds. The van der Waals surface area contributed by atoms with Crippen molar-refractivity contribution in [2.75, 3.05) is 0 Å². The van der Waals surface area contributed by atoms with Crippen LogP contribution in [-0.4, -0.2) is 19.9 Å². The third-order valence-corrected chi connectivity index (χ3v) is 2.04. The second-order valence-electron chi connectivity index (χ2n) is 3.20. The average Bonchev–Trinajstić information content (AvgIpc) is 2.47. The van der Waals surface area contributed by atoms with E-state index in [1.807, 2.05) is 20.2 Å². The van der Waals surface area contributed by atoms with E-state index in [0.717, 1.165) is 17.0 Å². The molecule has 0 saturated heterocycles. The Bertz CT molecular complexity index is 445. The Kier molecular flexibility index (Phi) is 1.96. The summed E-state index contributed by atoms with van der Waals surface area (Å²) in [5.41, 5.74) is 2.76. The summed E-state index contributed by atoms with van der Waals surface area (Å²) >= 11 is 0. The largest absolute Gasteiger partial charge is 0.506 e. The molecule has 0 aliphatic heterocycles. The van der Waals surface area contributed by atoms with E-state index in [4.69, 9.17) is 5.11 Å². The molecular formula is C10H11N3O. The van der Waals surface area contributed by atoms with E-state index in [1.165, 1.54) is 6.20 Å². The van der Waals surface area contributed by atoms with Gasteiger partial charge in [-0.25, -0.2) is 0 Å². The first-order valence-electron chi connectivity index (χ1n) is 4.32. The number of hydrogen-bond donors (Lipinski definition) is 1. The molecule has 0 radical (unpaired) electrons. The SMILES string of the molecule is Cc1nn(C)cc1-c1ccc(O)cn1. The van der Waals surface area contributed by atoms with Crippen molar-refractivity contribution in [1.29, 1.82) is 0 Å². The predicted molar refractivity (Wildman–Crippen MR) is 52.8 cm³/mol. The lowest BCUT2D eigenvalue weighted by atomic mass is 10.2. The van der Waals surface area contributed by atoms with Crippen LogP contribution < -0.4 is 0 Å². The zero-order chi connectivity index (χ0) is 10.1. The maximum absolute atomic E-state index is 9.09. The van der Waals surface area contributed by atoms with Gasteiger partial charge in [-0.15, -0.1) is 0 Å². The third kappa shape index (κ3) is 1.46. The standard InChI is InChI=1S/C10H11N3O/c1-7-9(6-13(2)12-7)10-4-3-8(14)5-11-10/h3-6,14H,1-2H3. The van der Waals surface area contributed by atoms with Gasteiger partial charge in [-0.2, -0.15) is 5.10 Å². The molecule has 0 atom stereocenters. The summed E-state index contributed by atoms with van der Waals surface area (Å²) in [6, 6.07) is 3.40. The van der Waals surface area contributed by atoms with Gasteiger partial charge in [0.1, 0.15) is 5.75 Å². The second kappa shape index (κ2) is 3.14. The van der Waals surface area contributed by atoms with Gasteiger partial charge in [-0.05, 0) is 19.1 Å². The highest BCUT2D eigenvalue weighted by atomic mass is 16.3. The molecule has 0 unspecified atom stereocenters. The van der Waals surface area contributed by atoms with Gasteiger partial charge < -0.3 is 5.11 Å². The van der Waals surface area contributed by atoms with Gasteiger partial charge in [0.2, 0.25) is 0 Å². The molecule has 0 fully saturated rings. The fraction of sp³-hybridized carbons (Fsp3) is 0.200. The maximum atomic E-state index is 9.09. The van der Waals surface area contributed by atoms with Gasteiger partial charge in [0.05, 0.1) is 17.6 Å². The van der Waals surface area contributed by atoms with Crippen LogP contribution in [0.2, 0.25) is 0 Å². The van der Waals surface area contributed by atoms with Gasteiger partial charge >= 0.3 is 0 Å². The molecule has 0 aromatic carbocycles. The van der Waals surface area contributed by atoms with Crippen molar-refractivity contribution in [1.82, 2.24) is 14.8 Å². The van der Waals surface area contributed by atoms with Crippen molar-refractivity contribution in [3.63, 3.8) is 0 Å². The summed E-state index contributed by atoms with van der Waals surface area (Å²) in [6.07, 6.45) is 3.34. The van der Waals surface area contributed by atoms with Crippen LogP contribution in [0.3, 0.4) is 0 Å². The van der Waals surface area contributed by atoms with E-state index in [9.17, 15) is 0 Å². The minimum atomic E-state index is 0.176. The molecule has 72 valence electrons. The zero-order valence-corrected chi connectivity index (χ0v) is 8.10. The minimum Gasteiger partial charge on any atom is -0.506 e. The van der Waals surface area contributed by atoms with Crippen LogP contribution in [0.5, 0.6) is 5.75 Å². The number of hydrogen-bond acceptors (Lipinski definition) is 3. The summed E-state index contributed by atoms with van der Waals surface area (Å²) in [7, 11) is 1.87. The highest BCUT2D eigenvalue weighted by Crippen LogP contribution is 2.21. The van der Waals surface area contributed by atoms with Crippen LogP contribution in [0, 0.1) is 6.92 Å². The molecular weight excluding hydrogens is 178 g/mol. The predicted octanol–water partition coefficient (Wildman–Crippen LogP) is 1.50. The van der Waals surface area contributed by atoms with Crippen LogP contribution in [-0.2, 0) is 7.05 Å². The van der Waals surface area contributed by atoms with Gasteiger partial charge in [0, 0.05) is 18.8 Å². The van der Waals surface area contributed by atoms with E-state index in [0.29, 0.717) is 0 Å². The first kappa shape index (κ1) is 8.74. The smallest absolute Gasteiger partial charge is 0.133 e.